The summed E-state index contributed by atoms with van der Waals surface area (Å²) in [4.78, 5) is 22.6. The zero-order valence-corrected chi connectivity index (χ0v) is 15.8. The van der Waals surface area contributed by atoms with Crippen molar-refractivity contribution in [1.82, 2.24) is 0 Å². The third-order valence-corrected chi connectivity index (χ3v) is 3.20. The highest BCUT2D eigenvalue weighted by Crippen LogP contribution is 2.29. The van der Waals surface area contributed by atoms with E-state index in [-0.39, 0.29) is 31.0 Å². The standard InChI is InChI=1S/C17H33NO5/c1-16(2,3)13-17(4,5)23-15(21)12-18(6,7)9-11-22-10-8-14(19)20/h8-13H2,1-7H3/p+1. The summed E-state index contributed by atoms with van der Waals surface area (Å²) in [5.41, 5.74) is -0.403. The Bertz CT molecular complexity index is 396. The van der Waals surface area contributed by atoms with Crippen molar-refractivity contribution in [2.24, 2.45) is 5.41 Å². The molecule has 6 nitrogen and oxygen atoms in total. The maximum absolute atomic E-state index is 12.2. The molecule has 0 aliphatic heterocycles. The van der Waals surface area contributed by atoms with Gasteiger partial charge in [-0.3, -0.25) is 4.79 Å². The summed E-state index contributed by atoms with van der Waals surface area (Å²) < 4.78 is 11.4. The number of hydrogen-bond donors (Lipinski definition) is 1. The van der Waals surface area contributed by atoms with Crippen molar-refractivity contribution in [1.29, 1.82) is 0 Å². The van der Waals surface area contributed by atoms with Crippen molar-refractivity contribution < 1.29 is 28.7 Å². The van der Waals surface area contributed by atoms with Gasteiger partial charge in [0.15, 0.2) is 6.54 Å². The first-order valence-electron chi connectivity index (χ1n) is 8.06. The van der Waals surface area contributed by atoms with Crippen LogP contribution >= 0.6 is 0 Å². The number of nitrogens with zero attached hydrogens (tertiary/aromatic N) is 1. The van der Waals surface area contributed by atoms with E-state index in [4.69, 9.17) is 14.6 Å². The van der Waals surface area contributed by atoms with Gasteiger partial charge in [0, 0.05) is 0 Å². The number of hydrogen-bond acceptors (Lipinski definition) is 4. The van der Waals surface area contributed by atoms with Gasteiger partial charge in [0.25, 0.3) is 0 Å². The number of carboxylic acids is 1. The number of quaternary nitrogens is 1. The molecular formula is C17H34NO5+. The monoisotopic (exact) mass is 332 g/mol. The Morgan fingerprint density at radius 2 is 1.61 bits per heavy atom. The fraction of sp³-hybridized carbons (Fsp3) is 0.882. The molecule has 0 saturated carbocycles. The average molecular weight is 332 g/mol. The lowest BCUT2D eigenvalue weighted by atomic mass is 9.84. The van der Waals surface area contributed by atoms with Crippen LogP contribution in [0.15, 0.2) is 0 Å². The molecule has 0 radical (unpaired) electrons. The third-order valence-electron chi connectivity index (χ3n) is 3.20. The summed E-state index contributed by atoms with van der Waals surface area (Å²) in [6, 6.07) is 0. The first kappa shape index (κ1) is 21.9. The van der Waals surface area contributed by atoms with Gasteiger partial charge in [-0.2, -0.15) is 0 Å². The summed E-state index contributed by atoms with van der Waals surface area (Å²) in [5, 5.41) is 8.54. The van der Waals surface area contributed by atoms with Crippen LogP contribution in [0.1, 0.15) is 47.5 Å². The highest BCUT2D eigenvalue weighted by molar-refractivity contribution is 5.71. The number of likely N-dealkylation sites (N-methyl/N-ethyl adjacent to an activating group) is 1. The zero-order valence-electron chi connectivity index (χ0n) is 15.8. The van der Waals surface area contributed by atoms with Gasteiger partial charge in [-0.25, -0.2) is 4.79 Å². The molecule has 0 aliphatic rings. The smallest absolute Gasteiger partial charge is 0.362 e. The summed E-state index contributed by atoms with van der Waals surface area (Å²) in [5.74, 6) is -1.10. The van der Waals surface area contributed by atoms with Gasteiger partial charge in [0.05, 0.1) is 33.7 Å². The maximum atomic E-state index is 12.2. The molecule has 0 aromatic rings. The van der Waals surface area contributed by atoms with Crippen LogP contribution in [0.2, 0.25) is 0 Å². The number of aliphatic carboxylic acids is 1. The van der Waals surface area contributed by atoms with E-state index in [9.17, 15) is 9.59 Å². The summed E-state index contributed by atoms with van der Waals surface area (Å²) in [6.45, 7) is 11.7. The Labute approximate surface area is 140 Å². The molecule has 0 rings (SSSR count). The molecule has 0 aromatic carbocycles. The van der Waals surface area contributed by atoms with E-state index in [0.717, 1.165) is 6.42 Å². The second kappa shape index (κ2) is 8.64. The number of carbonyl (C=O) groups excluding carboxylic acids is 1. The van der Waals surface area contributed by atoms with Gasteiger partial charge < -0.3 is 19.1 Å². The molecule has 136 valence electrons. The molecule has 0 spiro atoms. The van der Waals surface area contributed by atoms with Crippen molar-refractivity contribution >= 4 is 11.9 Å². The maximum Gasteiger partial charge on any atom is 0.362 e. The molecule has 1 N–H and O–H groups in total. The summed E-state index contributed by atoms with van der Waals surface area (Å²) in [6.07, 6.45) is 0.786. The minimum absolute atomic E-state index is 0.00351. The Kier molecular flexibility index (Phi) is 8.21. The second-order valence-electron chi connectivity index (χ2n) is 8.54. The van der Waals surface area contributed by atoms with Crippen molar-refractivity contribution in [3.05, 3.63) is 0 Å². The number of ether oxygens (including phenoxy) is 2. The largest absolute Gasteiger partial charge is 0.481 e. The molecule has 0 bridgehead atoms. The van der Waals surface area contributed by atoms with Gasteiger partial charge in [0.1, 0.15) is 12.1 Å². The lowest BCUT2D eigenvalue weighted by Gasteiger charge is -2.34. The van der Waals surface area contributed by atoms with Crippen molar-refractivity contribution in [3.8, 4) is 0 Å². The van der Waals surface area contributed by atoms with E-state index in [1.807, 2.05) is 27.9 Å². The Morgan fingerprint density at radius 3 is 2.09 bits per heavy atom. The number of esters is 1. The lowest BCUT2D eigenvalue weighted by Crippen LogP contribution is -2.48. The fourth-order valence-electron chi connectivity index (χ4n) is 2.66. The van der Waals surface area contributed by atoms with Crippen LogP contribution in [0.5, 0.6) is 0 Å². The van der Waals surface area contributed by atoms with E-state index >= 15 is 0 Å². The second-order valence-corrected chi connectivity index (χ2v) is 8.54. The van der Waals surface area contributed by atoms with E-state index in [2.05, 4.69) is 20.8 Å². The first-order valence-corrected chi connectivity index (χ1v) is 8.06. The molecule has 0 atom stereocenters. The molecule has 0 heterocycles. The molecule has 6 heteroatoms. The predicted molar refractivity (Wildman–Crippen MR) is 89.2 cm³/mol. The first-order chi connectivity index (χ1) is 10.2. The minimum Gasteiger partial charge on any atom is -0.481 e. The fourth-order valence-corrected chi connectivity index (χ4v) is 2.66. The van der Waals surface area contributed by atoms with E-state index in [1.165, 1.54) is 0 Å². The molecule has 0 fully saturated rings. The number of carbonyl (C=O) groups is 2. The van der Waals surface area contributed by atoms with Crippen LogP contribution in [0, 0.1) is 5.41 Å². The molecular weight excluding hydrogens is 298 g/mol. The number of carboxylic acid groups (broad SMARTS) is 1. The molecule has 0 aromatic heterocycles. The number of rotatable bonds is 10. The molecule has 23 heavy (non-hydrogen) atoms. The normalized spacial score (nSPS) is 13.0. The van der Waals surface area contributed by atoms with E-state index < -0.39 is 11.6 Å². The van der Waals surface area contributed by atoms with E-state index in [1.54, 1.807) is 0 Å². The molecule has 0 unspecified atom stereocenters. The van der Waals surface area contributed by atoms with Crippen molar-refractivity contribution in [3.63, 3.8) is 0 Å². The Morgan fingerprint density at radius 1 is 1.04 bits per heavy atom. The van der Waals surface area contributed by atoms with Gasteiger partial charge >= 0.3 is 11.9 Å². The van der Waals surface area contributed by atoms with Crippen LogP contribution < -0.4 is 0 Å². The van der Waals surface area contributed by atoms with Gasteiger partial charge in [-0.05, 0) is 25.7 Å². The SMILES string of the molecule is CC(C)(C)CC(C)(C)OC(=O)C[N+](C)(C)CCOCCC(=O)O. The Hall–Kier alpha value is -1.14. The molecule has 0 amide bonds. The summed E-state index contributed by atoms with van der Waals surface area (Å²) in [7, 11) is 3.86. The van der Waals surface area contributed by atoms with Crippen molar-refractivity contribution in [2.75, 3.05) is 40.4 Å². The van der Waals surface area contributed by atoms with Gasteiger partial charge in [-0.1, -0.05) is 20.8 Å². The highest BCUT2D eigenvalue weighted by atomic mass is 16.6. The van der Waals surface area contributed by atoms with Crippen LogP contribution in [0.3, 0.4) is 0 Å². The molecule has 0 aliphatic carbocycles. The predicted octanol–water partition coefficient (Wildman–Crippen LogP) is 2.31. The topological polar surface area (TPSA) is 72.8 Å². The third kappa shape index (κ3) is 13.0. The van der Waals surface area contributed by atoms with Crippen LogP contribution in [0.25, 0.3) is 0 Å². The van der Waals surface area contributed by atoms with Gasteiger partial charge in [-0.15, -0.1) is 0 Å². The van der Waals surface area contributed by atoms with E-state index in [0.29, 0.717) is 17.6 Å². The van der Waals surface area contributed by atoms with Crippen LogP contribution in [-0.2, 0) is 19.1 Å². The zero-order chi connectivity index (χ0) is 18.3. The summed E-state index contributed by atoms with van der Waals surface area (Å²) >= 11 is 0. The van der Waals surface area contributed by atoms with Crippen LogP contribution in [-0.4, -0.2) is 67.5 Å². The highest BCUT2D eigenvalue weighted by Gasteiger charge is 2.31. The molecule has 0 saturated heterocycles. The lowest BCUT2D eigenvalue weighted by molar-refractivity contribution is -0.883. The van der Waals surface area contributed by atoms with Gasteiger partial charge in [0.2, 0.25) is 0 Å². The Balaban J connectivity index is 4.22. The average Bonchev–Trinajstić information content (AvgIpc) is 2.21. The van der Waals surface area contributed by atoms with Crippen molar-refractivity contribution in [2.45, 2.75) is 53.1 Å². The minimum atomic E-state index is -0.872. The van der Waals surface area contributed by atoms with Crippen LogP contribution in [0.4, 0.5) is 0 Å². The quantitative estimate of drug-likeness (QED) is 0.377.